The van der Waals surface area contributed by atoms with Crippen molar-refractivity contribution < 1.29 is 13.2 Å². The summed E-state index contributed by atoms with van der Waals surface area (Å²) in [5.41, 5.74) is 2.29. The normalized spacial score (nSPS) is 19.9. The number of carbonyl (C=O) groups excluding carboxylic acids is 1. The van der Waals surface area contributed by atoms with Gasteiger partial charge < -0.3 is 10.2 Å². The number of fused-ring (bicyclic) bond motifs is 3. The monoisotopic (exact) mass is 459 g/mol. The van der Waals surface area contributed by atoms with Gasteiger partial charge >= 0.3 is 0 Å². The summed E-state index contributed by atoms with van der Waals surface area (Å²) in [6.07, 6.45) is 5.02. The molecule has 2 aromatic carbocycles. The number of anilines is 2. The van der Waals surface area contributed by atoms with Crippen molar-refractivity contribution in [1.82, 2.24) is 0 Å². The lowest BCUT2D eigenvalue weighted by molar-refractivity contribution is 0.102. The van der Waals surface area contributed by atoms with Crippen molar-refractivity contribution in [1.29, 1.82) is 0 Å². The Morgan fingerprint density at radius 1 is 1.17 bits per heavy atom. The number of hydrogen-bond donors (Lipinski definition) is 1. The molecule has 0 spiro atoms. The number of amidine groups is 1. The lowest BCUT2D eigenvalue weighted by Gasteiger charge is -2.22. The van der Waals surface area contributed by atoms with Gasteiger partial charge in [-0.25, -0.2) is 8.42 Å². The summed E-state index contributed by atoms with van der Waals surface area (Å²) >= 11 is 3.15. The van der Waals surface area contributed by atoms with Gasteiger partial charge in [0.25, 0.3) is 15.9 Å². The number of amides is 1. The number of nitrogens with one attached hydrogen (secondary N) is 1. The maximum absolute atomic E-state index is 13.0. The zero-order valence-electron chi connectivity index (χ0n) is 16.2. The third-order valence-corrected chi connectivity index (χ3v) is 9.19. The van der Waals surface area contributed by atoms with Gasteiger partial charge in [-0.3, -0.25) is 4.79 Å². The van der Waals surface area contributed by atoms with Gasteiger partial charge in [0.15, 0.2) is 5.17 Å². The van der Waals surface area contributed by atoms with E-state index in [1.807, 2.05) is 47.0 Å². The van der Waals surface area contributed by atoms with E-state index < -0.39 is 10.0 Å². The molecule has 0 atom stereocenters. The predicted octanol–water partition coefficient (Wildman–Crippen LogP) is 4.59. The summed E-state index contributed by atoms with van der Waals surface area (Å²) in [7, 11) is -3.39. The molecule has 3 aliphatic rings. The third kappa shape index (κ3) is 3.98. The first kappa shape index (κ1) is 20.0. The standard InChI is InChI=1S/C21H21N3O3S3/c25-20(22-16-7-3-4-8-18(16)28-15-5-1-2-6-15)14-9-10-17-19(13-14)29-21-23-30(26,27)12-11-24(17)21/h3-4,7-10,13,15H,1-2,5-6,11-12H2,(H,22,25). The zero-order valence-corrected chi connectivity index (χ0v) is 18.7. The maximum atomic E-state index is 13.0. The third-order valence-electron chi connectivity index (χ3n) is 5.47. The summed E-state index contributed by atoms with van der Waals surface area (Å²) in [4.78, 5) is 16.8. The summed E-state index contributed by atoms with van der Waals surface area (Å²) in [5, 5.41) is 4.14. The Labute approximate surface area is 184 Å². The Kier molecular flexibility index (Phi) is 5.28. The van der Waals surface area contributed by atoms with Gasteiger partial charge in [0.05, 0.1) is 17.1 Å². The second kappa shape index (κ2) is 7.94. The first-order chi connectivity index (χ1) is 14.5. The van der Waals surface area contributed by atoms with E-state index in [0.717, 1.165) is 21.2 Å². The molecule has 0 radical (unpaired) electrons. The first-order valence-corrected chi connectivity index (χ1v) is 13.3. The molecule has 2 aliphatic heterocycles. The highest BCUT2D eigenvalue weighted by Gasteiger charge is 2.33. The van der Waals surface area contributed by atoms with Crippen LogP contribution in [0.3, 0.4) is 0 Å². The molecule has 1 amide bonds. The molecule has 1 fully saturated rings. The fourth-order valence-corrected chi connectivity index (χ4v) is 7.55. The Morgan fingerprint density at radius 2 is 1.97 bits per heavy atom. The second-order valence-electron chi connectivity index (χ2n) is 7.57. The molecule has 6 nitrogen and oxygen atoms in total. The van der Waals surface area contributed by atoms with Crippen LogP contribution in [0.1, 0.15) is 36.0 Å². The van der Waals surface area contributed by atoms with Crippen LogP contribution in [0.5, 0.6) is 0 Å². The minimum atomic E-state index is -3.39. The molecule has 0 bridgehead atoms. The fraction of sp³-hybridized carbons (Fsp3) is 0.333. The highest BCUT2D eigenvalue weighted by atomic mass is 32.2. The Balaban J connectivity index is 1.35. The van der Waals surface area contributed by atoms with Crippen LogP contribution in [-0.4, -0.2) is 37.0 Å². The Morgan fingerprint density at radius 3 is 2.80 bits per heavy atom. The van der Waals surface area contributed by atoms with Gasteiger partial charge in [0.1, 0.15) is 0 Å². The molecule has 0 unspecified atom stereocenters. The Bertz CT molecular complexity index is 1140. The van der Waals surface area contributed by atoms with Crippen LogP contribution in [0.15, 0.2) is 56.7 Å². The van der Waals surface area contributed by atoms with E-state index >= 15 is 0 Å². The number of para-hydroxylation sites is 1. The molecule has 5 rings (SSSR count). The van der Waals surface area contributed by atoms with E-state index in [-0.39, 0.29) is 11.7 Å². The predicted molar refractivity (Wildman–Crippen MR) is 123 cm³/mol. The van der Waals surface area contributed by atoms with Crippen molar-refractivity contribution >= 4 is 56.0 Å². The van der Waals surface area contributed by atoms with E-state index in [4.69, 9.17) is 0 Å². The Hall–Kier alpha value is -1.97. The van der Waals surface area contributed by atoms with Gasteiger partial charge in [-0.05, 0) is 54.9 Å². The van der Waals surface area contributed by atoms with Crippen molar-refractivity contribution in [2.75, 3.05) is 22.5 Å². The molecular weight excluding hydrogens is 438 g/mol. The number of thioether (sulfide) groups is 2. The van der Waals surface area contributed by atoms with Crippen molar-refractivity contribution in [3.05, 3.63) is 48.0 Å². The summed E-state index contributed by atoms with van der Waals surface area (Å²) in [5.74, 6) is -0.161. The molecule has 0 saturated heterocycles. The van der Waals surface area contributed by atoms with Crippen LogP contribution in [-0.2, 0) is 10.0 Å². The van der Waals surface area contributed by atoms with Crippen molar-refractivity contribution in [3.63, 3.8) is 0 Å². The molecule has 2 heterocycles. The lowest BCUT2D eigenvalue weighted by Crippen LogP contribution is -2.35. The highest BCUT2D eigenvalue weighted by molar-refractivity contribution is 8.15. The first-order valence-electron chi connectivity index (χ1n) is 9.98. The molecule has 2 aromatic rings. The van der Waals surface area contributed by atoms with E-state index in [9.17, 15) is 13.2 Å². The number of carbonyl (C=O) groups is 1. The number of nitrogens with zero attached hydrogens (tertiary/aromatic N) is 2. The number of benzene rings is 2. The molecule has 30 heavy (non-hydrogen) atoms. The van der Waals surface area contributed by atoms with Crippen LogP contribution in [0.25, 0.3) is 0 Å². The van der Waals surface area contributed by atoms with Gasteiger partial charge in [0.2, 0.25) is 0 Å². The molecule has 1 aliphatic carbocycles. The average molecular weight is 460 g/mol. The number of rotatable bonds is 4. The molecular formula is C21H21N3O3S3. The largest absolute Gasteiger partial charge is 0.321 e. The van der Waals surface area contributed by atoms with Gasteiger partial charge in [-0.15, -0.1) is 16.2 Å². The molecule has 9 heteroatoms. The molecule has 156 valence electrons. The van der Waals surface area contributed by atoms with Crippen LogP contribution in [0, 0.1) is 0 Å². The minimum absolute atomic E-state index is 0.00812. The van der Waals surface area contributed by atoms with Crippen LogP contribution >= 0.6 is 23.5 Å². The van der Waals surface area contributed by atoms with Gasteiger partial charge in [-0.2, -0.15) is 0 Å². The van der Waals surface area contributed by atoms with Gasteiger partial charge in [0, 0.05) is 27.1 Å². The SMILES string of the molecule is O=C(Nc1ccccc1SC1CCCC1)c1ccc2c(c1)SC1=NS(=O)(=O)CCN12. The second-order valence-corrected chi connectivity index (χ2v) is 11.7. The average Bonchev–Trinajstić information content (AvgIpc) is 3.34. The van der Waals surface area contributed by atoms with E-state index in [1.165, 1.54) is 37.4 Å². The van der Waals surface area contributed by atoms with Crippen LogP contribution < -0.4 is 10.2 Å². The van der Waals surface area contributed by atoms with Crippen molar-refractivity contribution in [2.24, 2.45) is 4.40 Å². The van der Waals surface area contributed by atoms with Crippen LogP contribution in [0.4, 0.5) is 11.4 Å². The van der Waals surface area contributed by atoms with Crippen molar-refractivity contribution in [2.45, 2.75) is 40.7 Å². The minimum Gasteiger partial charge on any atom is -0.321 e. The zero-order chi connectivity index (χ0) is 20.7. The van der Waals surface area contributed by atoms with Crippen LogP contribution in [0.2, 0.25) is 0 Å². The summed E-state index contributed by atoms with van der Waals surface area (Å²) < 4.78 is 27.4. The lowest BCUT2D eigenvalue weighted by atomic mass is 10.1. The highest BCUT2D eigenvalue weighted by Crippen LogP contribution is 2.42. The molecule has 1 saturated carbocycles. The van der Waals surface area contributed by atoms with Crippen molar-refractivity contribution in [3.8, 4) is 0 Å². The smallest absolute Gasteiger partial charge is 0.257 e. The summed E-state index contributed by atoms with van der Waals surface area (Å²) in [6.45, 7) is 0.387. The van der Waals surface area contributed by atoms with E-state index in [0.29, 0.717) is 22.5 Å². The number of sulfonamides is 1. The summed E-state index contributed by atoms with van der Waals surface area (Å²) in [6, 6.07) is 13.4. The van der Waals surface area contributed by atoms with E-state index in [1.54, 1.807) is 6.07 Å². The quantitative estimate of drug-likeness (QED) is 0.721. The fourth-order valence-electron chi connectivity index (χ4n) is 3.92. The molecule has 1 N–H and O–H groups in total. The maximum Gasteiger partial charge on any atom is 0.257 e. The number of hydrogen-bond acceptors (Lipinski definition) is 6. The topological polar surface area (TPSA) is 78.8 Å². The molecule has 0 aromatic heterocycles. The van der Waals surface area contributed by atoms with E-state index in [2.05, 4.69) is 15.8 Å². The van der Waals surface area contributed by atoms with Gasteiger partial charge in [-0.1, -0.05) is 25.0 Å².